The van der Waals surface area contributed by atoms with Gasteiger partial charge in [-0.3, -0.25) is 4.98 Å². The first kappa shape index (κ1) is 28.3. The van der Waals surface area contributed by atoms with Crippen LogP contribution in [0.15, 0.2) is 150 Å². The summed E-state index contributed by atoms with van der Waals surface area (Å²) < 4.78 is 6.46. The minimum Gasteiger partial charge on any atom is -0.686 e. The molecule has 0 radical (unpaired) electrons. The molecule has 0 unspecified atom stereocenters. The molecular weight excluding hydrogens is 601 g/mol. The number of allylic oxidation sites excluding steroid dienone is 2. The number of benzene rings is 6. The molecule has 2 aromatic heterocycles. The second kappa shape index (κ2) is 11.4. The second-order valence-electron chi connectivity index (χ2n) is 12.2. The summed E-state index contributed by atoms with van der Waals surface area (Å²) in [7, 11) is 0. The van der Waals surface area contributed by atoms with Gasteiger partial charge < -0.3 is 9.73 Å². The Bertz CT molecular complexity index is 2810. The van der Waals surface area contributed by atoms with Crippen molar-refractivity contribution < 1.29 is 4.42 Å². The number of furan rings is 1. The first-order valence-corrected chi connectivity index (χ1v) is 16.0. The van der Waals surface area contributed by atoms with Crippen molar-refractivity contribution in [3.05, 3.63) is 162 Å². The predicted octanol–water partition coefficient (Wildman–Crippen LogP) is 11.3. The smallest absolute Gasteiger partial charge is 0.136 e. The Balaban J connectivity index is 1.37. The van der Waals surface area contributed by atoms with Crippen LogP contribution in [0.25, 0.3) is 87.8 Å². The van der Waals surface area contributed by atoms with E-state index in [1.807, 2.05) is 36.5 Å². The van der Waals surface area contributed by atoms with Crippen LogP contribution in [-0.4, -0.2) is 11.5 Å². The molecule has 0 saturated heterocycles. The number of pyridine rings is 1. The zero-order valence-electron chi connectivity index (χ0n) is 26.2. The molecule has 1 aliphatic heterocycles. The highest BCUT2D eigenvalue weighted by Gasteiger charge is 2.20. The molecule has 0 amide bonds. The predicted molar refractivity (Wildman–Crippen MR) is 197 cm³/mol. The van der Waals surface area contributed by atoms with Gasteiger partial charge in [-0.05, 0) is 103 Å². The van der Waals surface area contributed by atoms with Crippen LogP contribution in [-0.2, 0) is 0 Å². The van der Waals surface area contributed by atoms with Gasteiger partial charge in [-0.15, -0.1) is 0 Å². The highest BCUT2D eigenvalue weighted by Crippen LogP contribution is 2.47. The molecule has 0 bridgehead atoms. The number of para-hydroxylation sites is 1. The van der Waals surface area contributed by atoms with Gasteiger partial charge in [0.2, 0.25) is 0 Å². The van der Waals surface area contributed by atoms with E-state index in [4.69, 9.17) is 4.42 Å². The molecule has 1 aliphatic rings. The molecule has 0 atom stereocenters. The zero-order valence-corrected chi connectivity index (χ0v) is 26.2. The summed E-state index contributed by atoms with van der Waals surface area (Å²) >= 11 is 0. The van der Waals surface area contributed by atoms with Crippen molar-refractivity contribution in [3.63, 3.8) is 0 Å². The third-order valence-electron chi connectivity index (χ3n) is 9.32. The van der Waals surface area contributed by atoms with Crippen LogP contribution < -0.4 is 0 Å². The molecule has 0 aliphatic carbocycles. The van der Waals surface area contributed by atoms with Crippen LogP contribution in [0.1, 0.15) is 11.1 Å². The fourth-order valence-electron chi connectivity index (χ4n) is 7.12. The van der Waals surface area contributed by atoms with Crippen LogP contribution >= 0.6 is 0 Å². The Kier molecular flexibility index (Phi) is 6.57. The molecule has 3 heterocycles. The van der Waals surface area contributed by atoms with Gasteiger partial charge in [0.1, 0.15) is 17.2 Å². The van der Waals surface area contributed by atoms with Crippen LogP contribution in [0.3, 0.4) is 0 Å². The van der Waals surface area contributed by atoms with E-state index < -0.39 is 0 Å². The summed E-state index contributed by atoms with van der Waals surface area (Å²) in [6.45, 7) is 0.408. The molecule has 0 spiro atoms. The van der Waals surface area contributed by atoms with Gasteiger partial charge in [0.15, 0.2) is 0 Å². The van der Waals surface area contributed by atoms with Crippen LogP contribution in [0.4, 0.5) is 0 Å². The van der Waals surface area contributed by atoms with Crippen molar-refractivity contribution in [2.75, 3.05) is 6.54 Å². The second-order valence-corrected chi connectivity index (χ2v) is 12.2. The Morgan fingerprint density at radius 3 is 1.98 bits per heavy atom. The van der Waals surface area contributed by atoms with Gasteiger partial charge in [-0.25, -0.2) is 0 Å². The summed E-state index contributed by atoms with van der Waals surface area (Å²) in [5.41, 5.74) is 11.0. The standard InChI is InChI=1S/C44H25N4O/c45-21-27-15-33(25-47-23-27)29-7-5-9-31(17-29)43-36-12-1-2-13-37(36)44(32-10-6-8-30(18-32)34-16-28(22-46)24-48-26-34)40-20-42-38(19-39(40)43)35-11-3-4-14-41(35)49-42/h1-20,23,25-26H,24H2/q-1. The number of fused-ring (bicyclic) bond motifs is 5. The maximum Gasteiger partial charge on any atom is 0.136 e. The molecule has 0 N–H and O–H groups in total. The first-order chi connectivity index (χ1) is 24.2. The largest absolute Gasteiger partial charge is 0.686 e. The average Bonchev–Trinajstić information content (AvgIpc) is 3.53. The van der Waals surface area contributed by atoms with Gasteiger partial charge in [-0.1, -0.05) is 85.4 Å². The third kappa shape index (κ3) is 4.73. The van der Waals surface area contributed by atoms with Crippen molar-refractivity contribution in [1.82, 2.24) is 4.98 Å². The lowest BCUT2D eigenvalue weighted by Crippen LogP contribution is -1.95. The van der Waals surface area contributed by atoms with Gasteiger partial charge in [0.05, 0.1) is 11.6 Å². The van der Waals surface area contributed by atoms with E-state index in [9.17, 15) is 10.5 Å². The molecule has 228 valence electrons. The Morgan fingerprint density at radius 2 is 1.22 bits per heavy atom. The van der Waals surface area contributed by atoms with E-state index in [1.165, 1.54) is 0 Å². The van der Waals surface area contributed by atoms with Gasteiger partial charge in [0.25, 0.3) is 0 Å². The SMILES string of the molecule is N#CC1=CC(c2cccc(-c3c4ccccc4c(-c4cccc(-c5cncc(C#N)c5)c4)c4cc5c(cc34)oc3ccccc35)c2)=C[N-]C1. The third-order valence-corrected chi connectivity index (χ3v) is 9.32. The molecular formula is C44H25N4O-. The molecule has 9 rings (SSSR count). The van der Waals surface area contributed by atoms with E-state index >= 15 is 0 Å². The van der Waals surface area contributed by atoms with E-state index in [0.717, 1.165) is 88.0 Å². The van der Waals surface area contributed by atoms with Crippen molar-refractivity contribution >= 4 is 49.1 Å². The minimum absolute atomic E-state index is 0.408. The fraction of sp³-hybridized carbons (Fsp3) is 0.0227. The zero-order chi connectivity index (χ0) is 32.9. The van der Waals surface area contributed by atoms with Gasteiger partial charge in [0, 0.05) is 34.3 Å². The average molecular weight is 626 g/mol. The molecule has 49 heavy (non-hydrogen) atoms. The van der Waals surface area contributed by atoms with Crippen molar-refractivity contribution in [1.29, 1.82) is 10.5 Å². The van der Waals surface area contributed by atoms with Gasteiger partial charge >= 0.3 is 0 Å². The summed E-state index contributed by atoms with van der Waals surface area (Å²) in [4.78, 5) is 4.32. The van der Waals surface area contributed by atoms with E-state index in [0.29, 0.717) is 17.7 Å². The number of hydrogen-bond donors (Lipinski definition) is 0. The fourth-order valence-corrected chi connectivity index (χ4v) is 7.12. The minimum atomic E-state index is 0.408. The molecule has 6 aromatic carbocycles. The maximum absolute atomic E-state index is 9.56. The van der Waals surface area contributed by atoms with Crippen LogP contribution in [0.5, 0.6) is 0 Å². The first-order valence-electron chi connectivity index (χ1n) is 16.0. The number of aromatic nitrogens is 1. The number of nitriles is 2. The Hall–Kier alpha value is -6.95. The summed E-state index contributed by atoms with van der Waals surface area (Å²) in [5, 5.41) is 30.1. The van der Waals surface area contributed by atoms with Crippen LogP contribution in [0, 0.1) is 22.7 Å². The lowest BCUT2D eigenvalue weighted by Gasteiger charge is -2.23. The number of nitrogens with zero attached hydrogens (tertiary/aromatic N) is 4. The Labute approximate surface area is 282 Å². The van der Waals surface area contributed by atoms with Crippen molar-refractivity contribution in [2.45, 2.75) is 0 Å². The normalized spacial score (nSPS) is 12.8. The van der Waals surface area contributed by atoms with Crippen molar-refractivity contribution in [3.8, 4) is 45.5 Å². The topological polar surface area (TPSA) is 87.7 Å². The number of rotatable bonds is 4. The highest BCUT2D eigenvalue weighted by atomic mass is 16.3. The summed E-state index contributed by atoms with van der Waals surface area (Å²) in [6.07, 6.45) is 7.17. The molecule has 0 fully saturated rings. The highest BCUT2D eigenvalue weighted by molar-refractivity contribution is 6.25. The lowest BCUT2D eigenvalue weighted by molar-refractivity contribution is 0.669. The lowest BCUT2D eigenvalue weighted by atomic mass is 9.84. The van der Waals surface area contributed by atoms with Crippen LogP contribution in [0.2, 0.25) is 0 Å². The molecule has 5 nitrogen and oxygen atoms in total. The monoisotopic (exact) mass is 625 g/mol. The molecule has 5 heteroatoms. The molecule has 0 saturated carbocycles. The van der Waals surface area contributed by atoms with Gasteiger partial charge in [-0.2, -0.15) is 16.7 Å². The summed E-state index contributed by atoms with van der Waals surface area (Å²) in [5.74, 6) is 0. The maximum atomic E-state index is 9.56. The number of hydrogen-bond acceptors (Lipinski definition) is 4. The van der Waals surface area contributed by atoms with E-state index in [2.05, 4.69) is 113 Å². The quantitative estimate of drug-likeness (QED) is 0.182. The van der Waals surface area contributed by atoms with Crippen molar-refractivity contribution in [2.24, 2.45) is 0 Å². The Morgan fingerprint density at radius 1 is 0.551 bits per heavy atom. The van der Waals surface area contributed by atoms with E-state index in [-0.39, 0.29) is 0 Å². The van der Waals surface area contributed by atoms with E-state index in [1.54, 1.807) is 12.4 Å². The summed E-state index contributed by atoms with van der Waals surface area (Å²) in [6, 6.07) is 44.5. The molecule has 8 aromatic rings.